The highest BCUT2D eigenvalue weighted by Crippen LogP contribution is 2.29. The van der Waals surface area contributed by atoms with Crippen LogP contribution in [0.4, 0.5) is 11.7 Å². The number of nitrogens with zero attached hydrogens (tertiary/aromatic N) is 4. The van der Waals surface area contributed by atoms with Crippen LogP contribution in [0.3, 0.4) is 0 Å². The fourth-order valence-electron chi connectivity index (χ4n) is 4.33. The van der Waals surface area contributed by atoms with E-state index in [4.69, 9.17) is 19.4 Å². The molecule has 0 saturated carbocycles. The maximum atomic E-state index is 12.8. The zero-order valence-electron chi connectivity index (χ0n) is 18.2. The molecule has 5 rings (SSSR count). The molecule has 1 atom stereocenters. The van der Waals surface area contributed by atoms with Crippen LogP contribution in [0.15, 0.2) is 22.7 Å². The van der Waals surface area contributed by atoms with Gasteiger partial charge in [-0.2, -0.15) is 4.98 Å². The molecule has 32 heavy (non-hydrogen) atoms. The van der Waals surface area contributed by atoms with Crippen LogP contribution in [0.2, 0.25) is 0 Å². The molecule has 3 aliphatic heterocycles. The minimum Gasteiger partial charge on any atom is -0.377 e. The summed E-state index contributed by atoms with van der Waals surface area (Å²) < 4.78 is 16.5. The molecule has 0 spiro atoms. The van der Waals surface area contributed by atoms with Crippen LogP contribution in [0.5, 0.6) is 0 Å². The lowest BCUT2D eigenvalue weighted by Gasteiger charge is -2.37. The van der Waals surface area contributed by atoms with Crippen LogP contribution < -0.4 is 10.2 Å². The number of ether oxygens (including phenoxy) is 2. The van der Waals surface area contributed by atoms with E-state index in [1.54, 1.807) is 0 Å². The number of amides is 1. The molecule has 10 nitrogen and oxygen atoms in total. The molecule has 0 radical (unpaired) electrons. The second kappa shape index (κ2) is 8.51. The molecule has 1 amide bonds. The lowest BCUT2D eigenvalue weighted by molar-refractivity contribution is -0.151. The number of hydrogen-bond acceptors (Lipinski definition) is 9. The molecule has 3 fully saturated rings. The SMILES string of the molecule is CC1(C(=O)N2CCN(c3nc(-c4ccc(C=N)c(NC5COC5)c4)no3)CC2)CCCO1. The van der Waals surface area contributed by atoms with Crippen molar-refractivity contribution in [3.8, 4) is 11.4 Å². The zero-order valence-corrected chi connectivity index (χ0v) is 18.2. The van der Waals surface area contributed by atoms with E-state index in [1.807, 2.05) is 34.9 Å². The first-order chi connectivity index (χ1) is 15.6. The van der Waals surface area contributed by atoms with Gasteiger partial charge >= 0.3 is 6.01 Å². The van der Waals surface area contributed by atoms with Crippen LogP contribution in [-0.4, -0.2) is 84.8 Å². The molecule has 1 unspecified atom stereocenters. The van der Waals surface area contributed by atoms with Crippen molar-refractivity contribution < 1.29 is 18.8 Å². The van der Waals surface area contributed by atoms with Gasteiger partial charge in [-0.25, -0.2) is 0 Å². The summed E-state index contributed by atoms with van der Waals surface area (Å²) in [6.45, 7) is 6.32. The number of rotatable bonds is 6. The fourth-order valence-corrected chi connectivity index (χ4v) is 4.33. The van der Waals surface area contributed by atoms with Crippen molar-refractivity contribution in [2.75, 3.05) is 56.2 Å². The largest absolute Gasteiger partial charge is 0.377 e. The summed E-state index contributed by atoms with van der Waals surface area (Å²) in [7, 11) is 0. The van der Waals surface area contributed by atoms with Crippen molar-refractivity contribution >= 4 is 23.8 Å². The Balaban J connectivity index is 1.25. The average Bonchev–Trinajstić information content (AvgIpc) is 3.46. The van der Waals surface area contributed by atoms with E-state index in [1.165, 1.54) is 6.21 Å². The fraction of sp³-hybridized carbons (Fsp3) is 0.545. The first-order valence-electron chi connectivity index (χ1n) is 11.1. The number of carbonyl (C=O) groups excluding carboxylic acids is 1. The van der Waals surface area contributed by atoms with Gasteiger partial charge in [-0.15, -0.1) is 0 Å². The lowest BCUT2D eigenvalue weighted by Crippen LogP contribution is -2.54. The average molecular weight is 441 g/mol. The summed E-state index contributed by atoms with van der Waals surface area (Å²) in [5.41, 5.74) is 1.78. The number of carbonyl (C=O) groups is 1. The maximum absolute atomic E-state index is 12.8. The van der Waals surface area contributed by atoms with Gasteiger partial charge in [0.2, 0.25) is 5.82 Å². The standard InChI is InChI=1S/C22H28N6O4/c1-22(5-2-10-31-22)20(29)27-6-8-28(9-7-27)21-25-19(26-32-21)15-3-4-16(12-23)18(11-15)24-17-13-30-14-17/h3-4,11-12,17,23-24H,2,5-10,13-14H2,1H3. The van der Waals surface area contributed by atoms with E-state index in [2.05, 4.69) is 15.5 Å². The topological polar surface area (TPSA) is 117 Å². The summed E-state index contributed by atoms with van der Waals surface area (Å²) in [6, 6.07) is 6.40. The first kappa shape index (κ1) is 20.9. The smallest absolute Gasteiger partial charge is 0.324 e. The molecule has 1 aromatic carbocycles. The van der Waals surface area contributed by atoms with Gasteiger partial charge in [-0.1, -0.05) is 17.3 Å². The second-order valence-electron chi connectivity index (χ2n) is 8.69. The van der Waals surface area contributed by atoms with Gasteiger partial charge in [-0.05, 0) is 25.8 Å². The second-order valence-corrected chi connectivity index (χ2v) is 8.69. The molecule has 170 valence electrons. The van der Waals surface area contributed by atoms with E-state index < -0.39 is 5.60 Å². The van der Waals surface area contributed by atoms with Gasteiger partial charge in [0.15, 0.2) is 0 Å². The molecule has 10 heteroatoms. The maximum Gasteiger partial charge on any atom is 0.324 e. The number of aromatic nitrogens is 2. The molecule has 4 heterocycles. The van der Waals surface area contributed by atoms with Crippen molar-refractivity contribution in [1.82, 2.24) is 15.0 Å². The number of piperazine rings is 1. The van der Waals surface area contributed by atoms with Crippen molar-refractivity contribution in [2.24, 2.45) is 0 Å². The van der Waals surface area contributed by atoms with Crippen LogP contribution in [0.25, 0.3) is 11.4 Å². The Labute approximate surface area is 186 Å². The predicted octanol–water partition coefficient (Wildman–Crippen LogP) is 1.76. The van der Waals surface area contributed by atoms with Crippen molar-refractivity contribution in [1.29, 1.82) is 5.41 Å². The Morgan fingerprint density at radius 3 is 2.75 bits per heavy atom. The Hall–Kier alpha value is -2.98. The van der Waals surface area contributed by atoms with E-state index in [0.717, 1.165) is 29.7 Å². The third-order valence-corrected chi connectivity index (χ3v) is 6.39. The zero-order chi connectivity index (χ0) is 22.1. The third-order valence-electron chi connectivity index (χ3n) is 6.39. The quantitative estimate of drug-likeness (QED) is 0.653. The Morgan fingerprint density at radius 1 is 1.28 bits per heavy atom. The molecule has 2 aromatic rings. The third kappa shape index (κ3) is 3.95. The summed E-state index contributed by atoms with van der Waals surface area (Å²) in [5, 5.41) is 15.2. The molecule has 1 aromatic heterocycles. The van der Waals surface area contributed by atoms with Crippen molar-refractivity contribution in [2.45, 2.75) is 31.4 Å². The highest BCUT2D eigenvalue weighted by atomic mass is 16.5. The molecule has 0 bridgehead atoms. The van der Waals surface area contributed by atoms with E-state index >= 15 is 0 Å². The molecule has 0 aliphatic carbocycles. The molecular weight excluding hydrogens is 412 g/mol. The Kier molecular flexibility index (Phi) is 5.56. The van der Waals surface area contributed by atoms with Crippen LogP contribution in [0, 0.1) is 5.41 Å². The number of anilines is 2. The Morgan fingerprint density at radius 2 is 2.09 bits per heavy atom. The van der Waals surface area contributed by atoms with Gasteiger partial charge in [-0.3, -0.25) is 4.79 Å². The first-order valence-corrected chi connectivity index (χ1v) is 11.1. The summed E-state index contributed by atoms with van der Waals surface area (Å²) in [6.07, 6.45) is 3.03. The van der Waals surface area contributed by atoms with Gasteiger partial charge in [0, 0.05) is 55.8 Å². The van der Waals surface area contributed by atoms with E-state index in [-0.39, 0.29) is 11.9 Å². The van der Waals surface area contributed by atoms with Crippen LogP contribution in [-0.2, 0) is 14.3 Å². The summed E-state index contributed by atoms with van der Waals surface area (Å²) in [5.74, 6) is 0.568. The van der Waals surface area contributed by atoms with Gasteiger partial charge in [0.05, 0.1) is 19.3 Å². The monoisotopic (exact) mass is 440 g/mol. The molecule has 3 saturated heterocycles. The minimum absolute atomic E-state index is 0.0732. The van der Waals surface area contributed by atoms with Gasteiger partial charge in [0.25, 0.3) is 5.91 Å². The van der Waals surface area contributed by atoms with Crippen molar-refractivity contribution in [3.05, 3.63) is 23.8 Å². The number of nitrogens with one attached hydrogen (secondary N) is 2. The van der Waals surface area contributed by atoms with Crippen LogP contribution >= 0.6 is 0 Å². The van der Waals surface area contributed by atoms with Crippen LogP contribution in [0.1, 0.15) is 25.3 Å². The molecule has 2 N–H and O–H groups in total. The molecule has 3 aliphatic rings. The van der Waals surface area contributed by atoms with E-state index in [0.29, 0.717) is 57.8 Å². The van der Waals surface area contributed by atoms with E-state index in [9.17, 15) is 4.79 Å². The normalized spacial score (nSPS) is 23.8. The minimum atomic E-state index is -0.681. The molecular formula is C22H28N6O4. The van der Waals surface area contributed by atoms with Crippen molar-refractivity contribution in [3.63, 3.8) is 0 Å². The Bertz CT molecular complexity index is 990. The number of benzene rings is 1. The lowest BCUT2D eigenvalue weighted by atomic mass is 10.0. The van der Waals surface area contributed by atoms with Gasteiger partial charge in [0.1, 0.15) is 5.60 Å². The summed E-state index contributed by atoms with van der Waals surface area (Å²) in [4.78, 5) is 21.3. The van der Waals surface area contributed by atoms with Gasteiger partial charge < -0.3 is 34.5 Å². The number of hydrogen-bond donors (Lipinski definition) is 2. The highest BCUT2D eigenvalue weighted by Gasteiger charge is 2.41. The highest BCUT2D eigenvalue weighted by molar-refractivity contribution is 5.88. The predicted molar refractivity (Wildman–Crippen MR) is 118 cm³/mol. The summed E-state index contributed by atoms with van der Waals surface area (Å²) >= 11 is 0.